The van der Waals surface area contributed by atoms with E-state index in [2.05, 4.69) is 24.6 Å². The van der Waals surface area contributed by atoms with Crippen LogP contribution in [0.4, 0.5) is 5.69 Å². The van der Waals surface area contributed by atoms with E-state index in [4.69, 9.17) is 12.2 Å². The van der Waals surface area contributed by atoms with Gasteiger partial charge in [-0.05, 0) is 37.2 Å². The van der Waals surface area contributed by atoms with E-state index < -0.39 is 5.54 Å². The monoisotopic (exact) mass is 291 g/mol. The van der Waals surface area contributed by atoms with E-state index in [-0.39, 0.29) is 5.91 Å². The average Bonchev–Trinajstić information content (AvgIpc) is 2.66. The fourth-order valence-corrected chi connectivity index (χ4v) is 3.00. The van der Waals surface area contributed by atoms with Crippen LogP contribution >= 0.6 is 12.2 Å². The summed E-state index contributed by atoms with van der Waals surface area (Å²) in [5.74, 6) is 0.0232. The Labute approximate surface area is 125 Å². The fourth-order valence-electron chi connectivity index (χ4n) is 2.68. The summed E-state index contributed by atoms with van der Waals surface area (Å²) >= 11 is 5.33. The van der Waals surface area contributed by atoms with E-state index in [1.54, 1.807) is 0 Å². The third kappa shape index (κ3) is 2.77. The first-order valence-electron chi connectivity index (χ1n) is 7.11. The van der Waals surface area contributed by atoms with Gasteiger partial charge in [0, 0.05) is 0 Å². The van der Waals surface area contributed by atoms with Gasteiger partial charge in [-0.3, -0.25) is 10.2 Å². The Kier molecular flexibility index (Phi) is 4.60. The number of carbonyl (C=O) groups is 1. The first-order chi connectivity index (χ1) is 9.63. The van der Waals surface area contributed by atoms with Crippen molar-refractivity contribution in [2.75, 3.05) is 5.43 Å². The Bertz CT molecular complexity index is 483. The van der Waals surface area contributed by atoms with Gasteiger partial charge >= 0.3 is 0 Å². The van der Waals surface area contributed by atoms with Crippen molar-refractivity contribution in [1.82, 2.24) is 10.3 Å². The molecular formula is C15H21N3OS. The van der Waals surface area contributed by atoms with E-state index >= 15 is 0 Å². The van der Waals surface area contributed by atoms with Crippen LogP contribution in [-0.4, -0.2) is 21.6 Å². The average molecular weight is 291 g/mol. The number of amides is 1. The molecule has 1 heterocycles. The van der Waals surface area contributed by atoms with Crippen LogP contribution in [0.1, 0.15) is 39.5 Å². The second-order valence-electron chi connectivity index (χ2n) is 5.13. The van der Waals surface area contributed by atoms with Crippen LogP contribution in [0, 0.1) is 0 Å². The minimum Gasteiger partial charge on any atom is -0.346 e. The van der Waals surface area contributed by atoms with Gasteiger partial charge in [0.05, 0.1) is 5.69 Å². The van der Waals surface area contributed by atoms with E-state index in [1.807, 2.05) is 30.3 Å². The summed E-state index contributed by atoms with van der Waals surface area (Å²) in [5, 5.41) is 5.16. The van der Waals surface area contributed by atoms with Crippen LogP contribution in [0.25, 0.3) is 0 Å². The number of anilines is 1. The molecule has 5 heteroatoms. The lowest BCUT2D eigenvalue weighted by Gasteiger charge is -2.26. The second-order valence-corrected chi connectivity index (χ2v) is 5.52. The van der Waals surface area contributed by atoms with Crippen molar-refractivity contribution in [2.24, 2.45) is 0 Å². The zero-order valence-corrected chi connectivity index (χ0v) is 12.8. The van der Waals surface area contributed by atoms with Gasteiger partial charge in [-0.25, -0.2) is 0 Å². The molecule has 0 bridgehead atoms. The van der Waals surface area contributed by atoms with Gasteiger partial charge in [-0.15, -0.1) is 0 Å². The number of nitrogens with zero attached hydrogens (tertiary/aromatic N) is 1. The van der Waals surface area contributed by atoms with Crippen LogP contribution in [0.2, 0.25) is 0 Å². The molecule has 1 fully saturated rings. The molecule has 1 aromatic carbocycles. The molecule has 0 atom stereocenters. The largest absolute Gasteiger partial charge is 0.346 e. The van der Waals surface area contributed by atoms with Crippen molar-refractivity contribution >= 4 is 28.9 Å². The molecule has 1 aliphatic rings. The van der Waals surface area contributed by atoms with Crippen molar-refractivity contribution in [3.63, 3.8) is 0 Å². The number of hydrogen-bond donors (Lipinski definition) is 2. The molecule has 0 unspecified atom stereocenters. The number of benzene rings is 1. The molecule has 0 saturated carbocycles. The van der Waals surface area contributed by atoms with Gasteiger partial charge in [0.2, 0.25) is 0 Å². The molecular weight excluding hydrogens is 270 g/mol. The van der Waals surface area contributed by atoms with Crippen LogP contribution in [0.5, 0.6) is 0 Å². The van der Waals surface area contributed by atoms with Gasteiger partial charge in [-0.1, -0.05) is 44.9 Å². The number of thiocarbonyl (C=S) groups is 1. The quantitative estimate of drug-likeness (QED) is 0.791. The Hall–Kier alpha value is -1.62. The highest BCUT2D eigenvalue weighted by Gasteiger charge is 2.48. The van der Waals surface area contributed by atoms with Crippen LogP contribution < -0.4 is 10.7 Å². The lowest BCUT2D eigenvalue weighted by atomic mass is 9.89. The number of carbonyl (C=O) groups excluding carboxylic acids is 1. The molecule has 4 nitrogen and oxygen atoms in total. The highest BCUT2D eigenvalue weighted by atomic mass is 32.1. The Balaban J connectivity index is 2.19. The highest BCUT2D eigenvalue weighted by molar-refractivity contribution is 7.80. The zero-order chi connectivity index (χ0) is 14.6. The Morgan fingerprint density at radius 1 is 1.20 bits per heavy atom. The molecule has 0 spiro atoms. The predicted molar refractivity (Wildman–Crippen MR) is 85.2 cm³/mol. The molecule has 1 aliphatic heterocycles. The maximum Gasteiger partial charge on any atom is 0.273 e. The summed E-state index contributed by atoms with van der Waals surface area (Å²) in [4.78, 5) is 12.7. The van der Waals surface area contributed by atoms with Crippen molar-refractivity contribution < 1.29 is 4.79 Å². The van der Waals surface area contributed by atoms with Gasteiger partial charge < -0.3 is 5.32 Å². The maximum absolute atomic E-state index is 12.7. The molecule has 2 rings (SSSR count). The molecule has 1 aromatic rings. The van der Waals surface area contributed by atoms with Crippen molar-refractivity contribution in [1.29, 1.82) is 0 Å². The summed E-state index contributed by atoms with van der Waals surface area (Å²) in [7, 11) is 0. The predicted octanol–water partition coefficient (Wildman–Crippen LogP) is 3.07. The third-order valence-electron chi connectivity index (χ3n) is 3.53. The maximum atomic E-state index is 12.7. The first-order valence-corrected chi connectivity index (χ1v) is 7.52. The van der Waals surface area contributed by atoms with E-state index in [9.17, 15) is 4.79 Å². The molecule has 20 heavy (non-hydrogen) atoms. The van der Waals surface area contributed by atoms with Crippen LogP contribution in [0.15, 0.2) is 30.3 Å². The van der Waals surface area contributed by atoms with Gasteiger partial charge in [-0.2, -0.15) is 5.01 Å². The smallest absolute Gasteiger partial charge is 0.273 e. The molecule has 108 valence electrons. The van der Waals surface area contributed by atoms with Crippen molar-refractivity contribution in [3.8, 4) is 0 Å². The molecule has 1 amide bonds. The molecule has 2 N–H and O–H groups in total. The first kappa shape index (κ1) is 14.8. The number of hydrazine groups is 1. The molecule has 0 radical (unpaired) electrons. The summed E-state index contributed by atoms with van der Waals surface area (Å²) in [6.45, 7) is 4.17. The Morgan fingerprint density at radius 2 is 1.80 bits per heavy atom. The fraction of sp³-hybridized carbons (Fsp3) is 0.467. The van der Waals surface area contributed by atoms with E-state index in [0.717, 1.165) is 31.4 Å². The van der Waals surface area contributed by atoms with Crippen LogP contribution in [0.3, 0.4) is 0 Å². The van der Waals surface area contributed by atoms with E-state index in [0.29, 0.717) is 5.11 Å². The second kappa shape index (κ2) is 6.22. The minimum atomic E-state index is -0.539. The van der Waals surface area contributed by atoms with Gasteiger partial charge in [0.1, 0.15) is 5.54 Å². The van der Waals surface area contributed by atoms with Gasteiger partial charge in [0.15, 0.2) is 5.11 Å². The number of nitrogens with one attached hydrogen (secondary N) is 2. The molecule has 0 aliphatic carbocycles. The van der Waals surface area contributed by atoms with E-state index in [1.165, 1.54) is 5.01 Å². The zero-order valence-electron chi connectivity index (χ0n) is 12.0. The molecule has 1 saturated heterocycles. The van der Waals surface area contributed by atoms with Crippen molar-refractivity contribution in [3.05, 3.63) is 30.3 Å². The lowest BCUT2D eigenvalue weighted by Crippen LogP contribution is -2.47. The third-order valence-corrected chi connectivity index (χ3v) is 3.81. The minimum absolute atomic E-state index is 0.0232. The SMILES string of the molecule is CCCC1(CCC)NC(=S)N(Nc2ccccc2)C1=O. The topological polar surface area (TPSA) is 44.4 Å². The number of para-hydroxylation sites is 1. The standard InChI is InChI=1S/C15H21N3OS/c1-3-10-15(11-4-2)13(19)18(14(20)16-15)17-12-8-6-5-7-9-12/h5-9,17H,3-4,10-11H2,1-2H3,(H,16,20). The van der Waals surface area contributed by atoms with Crippen molar-refractivity contribution in [2.45, 2.75) is 45.1 Å². The molecule has 0 aromatic heterocycles. The number of hydrogen-bond acceptors (Lipinski definition) is 3. The van der Waals surface area contributed by atoms with Crippen LogP contribution in [-0.2, 0) is 4.79 Å². The summed E-state index contributed by atoms with van der Waals surface area (Å²) in [5.41, 5.74) is 3.41. The summed E-state index contributed by atoms with van der Waals surface area (Å²) in [6.07, 6.45) is 3.49. The Morgan fingerprint density at radius 3 is 2.35 bits per heavy atom. The lowest BCUT2D eigenvalue weighted by molar-refractivity contribution is -0.130. The number of rotatable bonds is 6. The normalized spacial score (nSPS) is 17.2. The highest BCUT2D eigenvalue weighted by Crippen LogP contribution is 2.28. The summed E-state index contributed by atoms with van der Waals surface area (Å²) < 4.78 is 0. The summed E-state index contributed by atoms with van der Waals surface area (Å²) in [6, 6.07) is 9.60. The van der Waals surface area contributed by atoms with Gasteiger partial charge in [0.25, 0.3) is 5.91 Å².